The largest absolute Gasteiger partial charge is 0.481 e. The topological polar surface area (TPSA) is 84.1 Å². The molecule has 7 nitrogen and oxygen atoms in total. The molecule has 2 aliphatic carbocycles. The van der Waals surface area contributed by atoms with E-state index in [1.807, 2.05) is 6.33 Å². The number of aromatic nitrogens is 4. The lowest BCUT2D eigenvalue weighted by Gasteiger charge is -2.23. The van der Waals surface area contributed by atoms with E-state index < -0.39 is 11.4 Å². The monoisotopic (exact) mass is 313 g/mol. The van der Waals surface area contributed by atoms with Crippen LogP contribution in [0.2, 0.25) is 0 Å². The lowest BCUT2D eigenvalue weighted by atomic mass is 9.81. The Bertz CT molecular complexity index is 799. The molecule has 2 aromatic rings. The van der Waals surface area contributed by atoms with Crippen LogP contribution in [0.1, 0.15) is 38.1 Å². The minimum atomic E-state index is -0.656. The van der Waals surface area contributed by atoms with Gasteiger partial charge in [-0.15, -0.1) is 0 Å². The van der Waals surface area contributed by atoms with Gasteiger partial charge in [0.1, 0.15) is 6.33 Å². The van der Waals surface area contributed by atoms with Crippen molar-refractivity contribution in [1.82, 2.24) is 19.5 Å². The van der Waals surface area contributed by atoms with Gasteiger partial charge in [-0.3, -0.25) is 4.79 Å². The fourth-order valence-electron chi connectivity index (χ4n) is 4.49. The molecule has 2 atom stereocenters. The molecule has 2 aromatic heterocycles. The molecule has 5 rings (SSSR count). The van der Waals surface area contributed by atoms with Gasteiger partial charge in [0.2, 0.25) is 0 Å². The molecule has 2 saturated carbocycles. The maximum Gasteiger partial charge on any atom is 0.311 e. The van der Waals surface area contributed by atoms with Crippen LogP contribution < -0.4 is 4.90 Å². The molecule has 0 bridgehead atoms. The fraction of sp³-hybridized carbons (Fsp3) is 0.625. The van der Waals surface area contributed by atoms with Gasteiger partial charge < -0.3 is 14.6 Å². The van der Waals surface area contributed by atoms with E-state index in [2.05, 4.69) is 24.4 Å². The Morgan fingerprint density at radius 2 is 2.13 bits per heavy atom. The van der Waals surface area contributed by atoms with Gasteiger partial charge >= 0.3 is 5.97 Å². The van der Waals surface area contributed by atoms with Crippen molar-refractivity contribution in [2.75, 3.05) is 18.0 Å². The molecule has 0 amide bonds. The molecule has 3 aliphatic rings. The van der Waals surface area contributed by atoms with Gasteiger partial charge in [0.25, 0.3) is 0 Å². The lowest BCUT2D eigenvalue weighted by molar-refractivity contribution is -0.149. The van der Waals surface area contributed by atoms with E-state index in [9.17, 15) is 9.90 Å². The summed E-state index contributed by atoms with van der Waals surface area (Å²) in [4.78, 5) is 27.4. The molecule has 1 saturated heterocycles. The van der Waals surface area contributed by atoms with Crippen molar-refractivity contribution in [1.29, 1.82) is 0 Å². The lowest BCUT2D eigenvalue weighted by Crippen LogP contribution is -2.35. The standard InChI is InChI=1S/C16H19N5O2/c22-15(23)16-5-1-2-10(16)6-20(7-16)13-12-14(18-8-17-13)21(9-19-12)11-3-4-11/h8-11H,1-7H2,(H,22,23)/t10-,16+/m0/s1. The van der Waals surface area contributed by atoms with Crippen LogP contribution in [0.4, 0.5) is 5.82 Å². The zero-order valence-electron chi connectivity index (χ0n) is 12.9. The predicted octanol–water partition coefficient (Wildman–Crippen LogP) is 1.85. The second kappa shape index (κ2) is 4.43. The summed E-state index contributed by atoms with van der Waals surface area (Å²) in [5.74, 6) is 0.358. The van der Waals surface area contributed by atoms with Crippen LogP contribution in [0.15, 0.2) is 12.7 Å². The molecule has 0 unspecified atom stereocenters. The molecule has 3 heterocycles. The third kappa shape index (κ3) is 1.76. The molecule has 120 valence electrons. The van der Waals surface area contributed by atoms with Crippen LogP contribution in [0.3, 0.4) is 0 Å². The highest BCUT2D eigenvalue weighted by Crippen LogP contribution is 2.50. The Labute approximate surface area is 133 Å². The number of hydrogen-bond acceptors (Lipinski definition) is 5. The van der Waals surface area contributed by atoms with E-state index in [1.54, 1.807) is 6.33 Å². The van der Waals surface area contributed by atoms with Crippen LogP contribution in [0.25, 0.3) is 11.2 Å². The van der Waals surface area contributed by atoms with Crippen molar-refractivity contribution >= 4 is 23.0 Å². The highest BCUT2D eigenvalue weighted by Gasteiger charge is 2.55. The Hall–Kier alpha value is -2.18. The summed E-state index contributed by atoms with van der Waals surface area (Å²) in [6, 6.07) is 0.520. The third-order valence-corrected chi connectivity index (χ3v) is 5.88. The SMILES string of the molecule is O=C(O)[C@@]12CCC[C@H]1CN(c1ncnc3c1ncn3C1CC1)C2. The van der Waals surface area contributed by atoms with Gasteiger partial charge in [0, 0.05) is 19.1 Å². The van der Waals surface area contributed by atoms with Crippen molar-refractivity contribution in [2.45, 2.75) is 38.1 Å². The number of nitrogens with zero attached hydrogens (tertiary/aromatic N) is 5. The number of fused-ring (bicyclic) bond motifs is 2. The second-order valence-corrected chi connectivity index (χ2v) is 7.18. The molecule has 1 N–H and O–H groups in total. The number of hydrogen-bond donors (Lipinski definition) is 1. The first-order chi connectivity index (χ1) is 11.2. The first kappa shape index (κ1) is 13.3. The zero-order valence-corrected chi connectivity index (χ0v) is 12.9. The highest BCUT2D eigenvalue weighted by molar-refractivity contribution is 5.85. The minimum absolute atomic E-state index is 0.218. The summed E-state index contributed by atoms with van der Waals surface area (Å²) >= 11 is 0. The van der Waals surface area contributed by atoms with E-state index in [-0.39, 0.29) is 5.92 Å². The maximum absolute atomic E-state index is 11.9. The summed E-state index contributed by atoms with van der Waals surface area (Å²) in [6.07, 6.45) is 8.57. The van der Waals surface area contributed by atoms with Crippen LogP contribution >= 0.6 is 0 Å². The molecule has 0 spiro atoms. The fourth-order valence-corrected chi connectivity index (χ4v) is 4.49. The number of imidazole rings is 1. The summed E-state index contributed by atoms with van der Waals surface area (Å²) < 4.78 is 2.13. The Morgan fingerprint density at radius 1 is 1.26 bits per heavy atom. The molecule has 0 aromatic carbocycles. The molecule has 0 radical (unpaired) electrons. The average Bonchev–Trinajstić information content (AvgIpc) is 3.00. The quantitative estimate of drug-likeness (QED) is 0.931. The first-order valence-electron chi connectivity index (χ1n) is 8.35. The van der Waals surface area contributed by atoms with Gasteiger partial charge in [0.05, 0.1) is 11.7 Å². The summed E-state index contributed by atoms with van der Waals surface area (Å²) in [6.45, 7) is 1.30. The first-order valence-corrected chi connectivity index (χ1v) is 8.35. The number of carboxylic acids is 1. The van der Waals surface area contributed by atoms with E-state index in [1.165, 1.54) is 12.8 Å². The van der Waals surface area contributed by atoms with Crippen molar-refractivity contribution in [3.8, 4) is 0 Å². The van der Waals surface area contributed by atoms with Crippen LogP contribution in [0.5, 0.6) is 0 Å². The number of anilines is 1. The molecule has 7 heteroatoms. The normalized spacial score (nSPS) is 30.1. The Kier molecular flexibility index (Phi) is 2.56. The Morgan fingerprint density at radius 3 is 2.87 bits per heavy atom. The molecule has 3 fully saturated rings. The molecule has 1 aliphatic heterocycles. The maximum atomic E-state index is 11.9. The van der Waals surface area contributed by atoms with E-state index in [0.29, 0.717) is 12.6 Å². The van der Waals surface area contributed by atoms with Crippen molar-refractivity contribution < 1.29 is 9.90 Å². The third-order valence-electron chi connectivity index (χ3n) is 5.88. The zero-order chi connectivity index (χ0) is 15.6. The summed E-state index contributed by atoms with van der Waals surface area (Å²) in [5, 5.41) is 9.76. The summed E-state index contributed by atoms with van der Waals surface area (Å²) in [5.41, 5.74) is 1.08. The second-order valence-electron chi connectivity index (χ2n) is 7.18. The van der Waals surface area contributed by atoms with Gasteiger partial charge in [-0.2, -0.15) is 0 Å². The van der Waals surface area contributed by atoms with Crippen molar-refractivity contribution in [3.63, 3.8) is 0 Å². The number of rotatable bonds is 3. The molecule has 23 heavy (non-hydrogen) atoms. The smallest absolute Gasteiger partial charge is 0.311 e. The van der Waals surface area contributed by atoms with Crippen LogP contribution in [0, 0.1) is 11.3 Å². The van der Waals surface area contributed by atoms with Gasteiger partial charge in [-0.1, -0.05) is 6.42 Å². The number of carboxylic acid groups (broad SMARTS) is 1. The number of carbonyl (C=O) groups is 1. The van der Waals surface area contributed by atoms with Crippen LogP contribution in [-0.2, 0) is 4.79 Å². The number of aliphatic carboxylic acids is 1. The van der Waals surface area contributed by atoms with E-state index in [0.717, 1.165) is 42.8 Å². The minimum Gasteiger partial charge on any atom is -0.481 e. The van der Waals surface area contributed by atoms with Crippen molar-refractivity contribution in [2.24, 2.45) is 11.3 Å². The predicted molar refractivity (Wildman–Crippen MR) is 83.2 cm³/mol. The van der Waals surface area contributed by atoms with E-state index in [4.69, 9.17) is 0 Å². The average molecular weight is 313 g/mol. The summed E-state index contributed by atoms with van der Waals surface area (Å²) in [7, 11) is 0. The van der Waals surface area contributed by atoms with E-state index >= 15 is 0 Å². The Balaban J connectivity index is 1.56. The van der Waals surface area contributed by atoms with Crippen LogP contribution in [-0.4, -0.2) is 43.7 Å². The van der Waals surface area contributed by atoms with Crippen molar-refractivity contribution in [3.05, 3.63) is 12.7 Å². The van der Waals surface area contributed by atoms with Gasteiger partial charge in [0.15, 0.2) is 17.0 Å². The van der Waals surface area contributed by atoms with Gasteiger partial charge in [-0.05, 0) is 31.6 Å². The van der Waals surface area contributed by atoms with Gasteiger partial charge in [-0.25, -0.2) is 15.0 Å². The molecular formula is C16H19N5O2. The highest BCUT2D eigenvalue weighted by atomic mass is 16.4. The molecular weight excluding hydrogens is 294 g/mol.